The third-order valence-electron chi connectivity index (χ3n) is 4.76. The van der Waals surface area contributed by atoms with Crippen LogP contribution in [-0.2, 0) is 11.2 Å². The van der Waals surface area contributed by atoms with Gasteiger partial charge in [0, 0.05) is 31.7 Å². The van der Waals surface area contributed by atoms with E-state index in [-0.39, 0.29) is 18.1 Å². The van der Waals surface area contributed by atoms with Crippen molar-refractivity contribution in [2.45, 2.75) is 12.6 Å². The minimum absolute atomic E-state index is 0.00267. The fraction of sp³-hybridized carbons (Fsp3) is 0.381. The van der Waals surface area contributed by atoms with E-state index in [0.29, 0.717) is 31.7 Å². The molecule has 0 atom stereocenters. The van der Waals surface area contributed by atoms with Crippen molar-refractivity contribution in [1.82, 2.24) is 4.90 Å². The van der Waals surface area contributed by atoms with Gasteiger partial charge in [-0.2, -0.15) is 13.2 Å². The van der Waals surface area contributed by atoms with E-state index < -0.39 is 12.8 Å². The van der Waals surface area contributed by atoms with E-state index in [0.717, 1.165) is 11.4 Å². The number of alkyl halides is 3. The summed E-state index contributed by atoms with van der Waals surface area (Å²) in [6, 6.07) is 14.1. The number of methoxy groups -OCH3 is 1. The molecule has 1 fully saturated rings. The number of benzene rings is 2. The van der Waals surface area contributed by atoms with Gasteiger partial charge in [-0.05, 0) is 18.2 Å². The summed E-state index contributed by atoms with van der Waals surface area (Å²) in [6.45, 7) is 0.984. The molecule has 2 aromatic rings. The van der Waals surface area contributed by atoms with Crippen molar-refractivity contribution < 1.29 is 27.4 Å². The van der Waals surface area contributed by atoms with Crippen LogP contribution >= 0.6 is 0 Å². The normalized spacial score (nSPS) is 14.6. The van der Waals surface area contributed by atoms with Crippen LogP contribution in [-0.4, -0.2) is 56.9 Å². The van der Waals surface area contributed by atoms with Crippen LogP contribution in [0.25, 0.3) is 0 Å². The van der Waals surface area contributed by atoms with E-state index in [4.69, 9.17) is 9.47 Å². The molecule has 156 valence electrons. The lowest BCUT2D eigenvalue weighted by atomic mass is 10.1. The van der Waals surface area contributed by atoms with Crippen molar-refractivity contribution >= 4 is 11.6 Å². The van der Waals surface area contributed by atoms with Gasteiger partial charge >= 0.3 is 6.18 Å². The van der Waals surface area contributed by atoms with Crippen LogP contribution < -0.4 is 14.4 Å². The number of halogens is 3. The number of anilines is 1. The molecule has 0 unspecified atom stereocenters. The maximum atomic E-state index is 12.7. The molecule has 0 bridgehead atoms. The minimum atomic E-state index is -4.42. The molecule has 0 spiro atoms. The fourth-order valence-electron chi connectivity index (χ4n) is 3.31. The second-order valence-corrected chi connectivity index (χ2v) is 6.73. The summed E-state index contributed by atoms with van der Waals surface area (Å²) in [7, 11) is 1.62. The Kier molecular flexibility index (Phi) is 6.51. The Morgan fingerprint density at radius 2 is 1.59 bits per heavy atom. The molecule has 0 aliphatic carbocycles. The smallest absolute Gasteiger partial charge is 0.422 e. The summed E-state index contributed by atoms with van der Waals surface area (Å²) in [6.07, 6.45) is -4.42. The number of carbonyl (C=O) groups is 1. The summed E-state index contributed by atoms with van der Waals surface area (Å²) < 4.78 is 47.6. The van der Waals surface area contributed by atoms with Crippen molar-refractivity contribution in [2.24, 2.45) is 0 Å². The van der Waals surface area contributed by atoms with Gasteiger partial charge in [0.25, 0.3) is 0 Å². The van der Waals surface area contributed by atoms with E-state index in [1.807, 2.05) is 24.3 Å². The predicted molar refractivity (Wildman–Crippen MR) is 103 cm³/mol. The number of nitrogens with zero attached hydrogens (tertiary/aromatic N) is 2. The Morgan fingerprint density at radius 3 is 2.24 bits per heavy atom. The van der Waals surface area contributed by atoms with Gasteiger partial charge in [-0.25, -0.2) is 0 Å². The molecule has 1 aliphatic rings. The van der Waals surface area contributed by atoms with E-state index in [1.54, 1.807) is 30.2 Å². The number of hydrogen-bond donors (Lipinski definition) is 0. The molecule has 5 nitrogen and oxygen atoms in total. The van der Waals surface area contributed by atoms with Gasteiger partial charge in [0.15, 0.2) is 6.61 Å². The Balaban J connectivity index is 1.59. The van der Waals surface area contributed by atoms with Crippen LogP contribution in [0.4, 0.5) is 18.9 Å². The maximum absolute atomic E-state index is 12.7. The van der Waals surface area contributed by atoms with Gasteiger partial charge in [0.2, 0.25) is 5.91 Å². The number of piperazine rings is 1. The van der Waals surface area contributed by atoms with Gasteiger partial charge < -0.3 is 19.3 Å². The number of amides is 1. The SMILES string of the molecule is COc1ccccc1N1CCN(C(=O)Cc2ccccc2OCC(F)(F)F)CC1. The molecule has 1 aliphatic heterocycles. The molecular weight excluding hydrogens is 385 g/mol. The van der Waals surface area contributed by atoms with Crippen LogP contribution in [0, 0.1) is 0 Å². The van der Waals surface area contributed by atoms with Crippen LogP contribution in [0.15, 0.2) is 48.5 Å². The van der Waals surface area contributed by atoms with Crippen LogP contribution in [0.3, 0.4) is 0 Å². The van der Waals surface area contributed by atoms with Gasteiger partial charge in [-0.15, -0.1) is 0 Å². The quantitative estimate of drug-likeness (QED) is 0.734. The van der Waals surface area contributed by atoms with Crippen molar-refractivity contribution in [3.8, 4) is 11.5 Å². The Bertz CT molecular complexity index is 834. The van der Waals surface area contributed by atoms with E-state index in [2.05, 4.69) is 4.90 Å². The molecule has 0 saturated carbocycles. The molecule has 8 heteroatoms. The standard InChI is InChI=1S/C21H23F3N2O3/c1-28-19-9-5-3-7-17(19)25-10-12-26(13-11-25)20(27)14-16-6-2-4-8-18(16)29-15-21(22,23)24/h2-9H,10-15H2,1H3. The number of hydrogen-bond acceptors (Lipinski definition) is 4. The zero-order valence-electron chi connectivity index (χ0n) is 16.1. The largest absolute Gasteiger partial charge is 0.495 e. The van der Waals surface area contributed by atoms with Gasteiger partial charge in [-0.3, -0.25) is 4.79 Å². The highest BCUT2D eigenvalue weighted by Crippen LogP contribution is 2.29. The third kappa shape index (κ3) is 5.56. The lowest BCUT2D eigenvalue weighted by Crippen LogP contribution is -2.49. The lowest BCUT2D eigenvalue weighted by Gasteiger charge is -2.36. The second-order valence-electron chi connectivity index (χ2n) is 6.73. The van der Waals surface area contributed by atoms with E-state index in [9.17, 15) is 18.0 Å². The Morgan fingerprint density at radius 1 is 0.966 bits per heavy atom. The van der Waals surface area contributed by atoms with Gasteiger partial charge in [0.05, 0.1) is 19.2 Å². The van der Waals surface area contributed by atoms with Gasteiger partial charge in [0.1, 0.15) is 11.5 Å². The first kappa shape index (κ1) is 20.8. The van der Waals surface area contributed by atoms with Crippen molar-refractivity contribution in [2.75, 3.05) is 44.8 Å². The van der Waals surface area contributed by atoms with Crippen LogP contribution in [0.5, 0.6) is 11.5 Å². The highest BCUT2D eigenvalue weighted by atomic mass is 19.4. The zero-order chi connectivity index (χ0) is 20.9. The van der Waals surface area contributed by atoms with E-state index >= 15 is 0 Å². The first-order valence-electron chi connectivity index (χ1n) is 9.30. The first-order chi connectivity index (χ1) is 13.9. The lowest BCUT2D eigenvalue weighted by molar-refractivity contribution is -0.153. The van der Waals surface area contributed by atoms with E-state index in [1.165, 1.54) is 6.07 Å². The molecule has 1 heterocycles. The molecule has 2 aromatic carbocycles. The Hall–Kier alpha value is -2.90. The summed E-state index contributed by atoms with van der Waals surface area (Å²) in [4.78, 5) is 16.6. The number of para-hydroxylation sites is 3. The highest BCUT2D eigenvalue weighted by Gasteiger charge is 2.29. The average Bonchev–Trinajstić information content (AvgIpc) is 2.72. The minimum Gasteiger partial charge on any atom is -0.495 e. The molecule has 3 rings (SSSR count). The van der Waals surface area contributed by atoms with Gasteiger partial charge in [-0.1, -0.05) is 30.3 Å². The maximum Gasteiger partial charge on any atom is 0.422 e. The number of rotatable bonds is 6. The summed E-state index contributed by atoms with van der Waals surface area (Å²) >= 11 is 0. The molecular formula is C21H23F3N2O3. The summed E-state index contributed by atoms with van der Waals surface area (Å²) in [5, 5.41) is 0. The molecule has 1 saturated heterocycles. The molecule has 0 radical (unpaired) electrons. The topological polar surface area (TPSA) is 42.0 Å². The third-order valence-corrected chi connectivity index (χ3v) is 4.76. The van der Waals surface area contributed by atoms with Crippen molar-refractivity contribution in [3.63, 3.8) is 0 Å². The van der Waals surface area contributed by atoms with Crippen LogP contribution in [0.2, 0.25) is 0 Å². The van der Waals surface area contributed by atoms with Crippen LogP contribution in [0.1, 0.15) is 5.56 Å². The fourth-order valence-corrected chi connectivity index (χ4v) is 3.31. The number of carbonyl (C=O) groups excluding carboxylic acids is 1. The summed E-state index contributed by atoms with van der Waals surface area (Å²) in [5.41, 5.74) is 1.43. The molecule has 29 heavy (non-hydrogen) atoms. The van der Waals surface area contributed by atoms with Crippen molar-refractivity contribution in [3.05, 3.63) is 54.1 Å². The predicted octanol–water partition coefficient (Wildman–Crippen LogP) is 3.53. The molecule has 1 amide bonds. The monoisotopic (exact) mass is 408 g/mol. The zero-order valence-corrected chi connectivity index (χ0v) is 16.1. The number of ether oxygens (including phenoxy) is 2. The first-order valence-corrected chi connectivity index (χ1v) is 9.30. The second kappa shape index (κ2) is 9.07. The molecule has 0 N–H and O–H groups in total. The highest BCUT2D eigenvalue weighted by molar-refractivity contribution is 5.80. The molecule has 0 aromatic heterocycles. The Labute approximate surface area is 167 Å². The van der Waals surface area contributed by atoms with Crippen molar-refractivity contribution in [1.29, 1.82) is 0 Å². The summed E-state index contributed by atoms with van der Waals surface area (Å²) in [5.74, 6) is 0.738. The average molecular weight is 408 g/mol.